The van der Waals surface area contributed by atoms with Gasteiger partial charge in [-0.25, -0.2) is 4.98 Å². The van der Waals surface area contributed by atoms with Gasteiger partial charge >= 0.3 is 0 Å². The maximum Gasteiger partial charge on any atom is 0.278 e. The molecule has 1 saturated heterocycles. The molecule has 3 aromatic rings. The quantitative estimate of drug-likeness (QED) is 0.381. The van der Waals surface area contributed by atoms with Gasteiger partial charge in [-0.05, 0) is 33.0 Å². The lowest BCUT2D eigenvalue weighted by Gasteiger charge is -2.41. The number of benzene rings is 1. The Hall–Kier alpha value is -3.90. The number of hydrogen-bond acceptors (Lipinski definition) is 7. The smallest absolute Gasteiger partial charge is 0.278 e. The van der Waals surface area contributed by atoms with E-state index in [9.17, 15) is 14.9 Å². The number of carbonyl (C=O) groups excluding carboxylic acids is 1. The van der Waals surface area contributed by atoms with Gasteiger partial charge < -0.3 is 19.5 Å². The normalized spacial score (nSPS) is 12.9. The number of ether oxygens (including phenoxy) is 1. The molecule has 0 bridgehead atoms. The average molecular weight is 491 g/mol. The summed E-state index contributed by atoms with van der Waals surface area (Å²) in [5, 5.41) is 13.2. The van der Waals surface area contributed by atoms with Crippen LogP contribution in [0, 0.1) is 11.3 Å². The summed E-state index contributed by atoms with van der Waals surface area (Å²) in [6.07, 6.45) is 3.36. The molecule has 0 aliphatic carbocycles. The highest BCUT2D eigenvalue weighted by Gasteiger charge is 2.33. The van der Waals surface area contributed by atoms with E-state index in [1.807, 2.05) is 45.4 Å². The lowest BCUT2D eigenvalue weighted by atomic mass is 10.1. The molecule has 1 aromatic carbocycles. The number of carbonyl (C=O) groups is 1. The molecule has 0 unspecified atom stereocenters. The zero-order valence-corrected chi connectivity index (χ0v) is 21.8. The van der Waals surface area contributed by atoms with Gasteiger partial charge in [0.05, 0.1) is 20.0 Å². The molecule has 1 aliphatic heterocycles. The summed E-state index contributed by atoms with van der Waals surface area (Å²) in [6, 6.07) is 9.41. The molecular formula is C27H34N6O3. The molecule has 2 aromatic heterocycles. The number of likely N-dealkylation sites (N-methyl/N-ethyl adjacent to an activating group) is 1. The van der Waals surface area contributed by atoms with Gasteiger partial charge in [-0.2, -0.15) is 5.26 Å². The molecular weight excluding hydrogens is 456 g/mol. The summed E-state index contributed by atoms with van der Waals surface area (Å²) in [6.45, 7) is 9.71. The molecule has 1 aliphatic rings. The Morgan fingerprint density at radius 1 is 1.31 bits per heavy atom. The van der Waals surface area contributed by atoms with Gasteiger partial charge in [-0.1, -0.05) is 37.6 Å². The van der Waals surface area contributed by atoms with Crippen molar-refractivity contribution in [2.24, 2.45) is 0 Å². The summed E-state index contributed by atoms with van der Waals surface area (Å²) in [4.78, 5) is 33.0. The van der Waals surface area contributed by atoms with E-state index < -0.39 is 0 Å². The van der Waals surface area contributed by atoms with Gasteiger partial charge in [0.15, 0.2) is 5.78 Å². The third-order valence-corrected chi connectivity index (χ3v) is 6.09. The van der Waals surface area contributed by atoms with Gasteiger partial charge in [0.1, 0.15) is 34.2 Å². The maximum atomic E-state index is 13.6. The molecule has 1 fully saturated rings. The van der Waals surface area contributed by atoms with Crippen LogP contribution in [-0.2, 0) is 13.1 Å². The van der Waals surface area contributed by atoms with Crippen molar-refractivity contribution in [1.29, 1.82) is 5.26 Å². The van der Waals surface area contributed by atoms with Crippen LogP contribution < -0.4 is 20.5 Å². The van der Waals surface area contributed by atoms with Gasteiger partial charge in [0, 0.05) is 31.2 Å². The fraction of sp³-hybridized carbons (Fsp3) is 0.407. The molecule has 0 saturated carbocycles. The van der Waals surface area contributed by atoms with Crippen molar-refractivity contribution in [3.63, 3.8) is 0 Å². The number of nitrogens with zero attached hydrogens (tertiary/aromatic N) is 5. The second-order valence-corrected chi connectivity index (χ2v) is 8.62. The minimum absolute atomic E-state index is 0.161. The Labute approximate surface area is 211 Å². The Kier molecular flexibility index (Phi) is 8.67. The molecule has 0 spiro atoms. The van der Waals surface area contributed by atoms with Crippen LogP contribution in [0.3, 0.4) is 0 Å². The molecule has 4 rings (SSSR count). The molecule has 9 heteroatoms. The lowest BCUT2D eigenvalue weighted by Crippen LogP contribution is -2.57. The average Bonchev–Trinajstić information content (AvgIpc) is 3.18. The first-order valence-corrected chi connectivity index (χ1v) is 12.1. The van der Waals surface area contributed by atoms with E-state index in [1.165, 1.54) is 18.0 Å². The van der Waals surface area contributed by atoms with E-state index >= 15 is 0 Å². The van der Waals surface area contributed by atoms with Crippen LogP contribution in [0.25, 0.3) is 11.0 Å². The van der Waals surface area contributed by atoms with Crippen molar-refractivity contribution in [3.05, 3.63) is 63.7 Å². The number of rotatable bonds is 8. The van der Waals surface area contributed by atoms with Gasteiger partial charge in [0.25, 0.3) is 5.56 Å². The number of aromatic nitrogens is 3. The molecule has 9 nitrogen and oxygen atoms in total. The van der Waals surface area contributed by atoms with E-state index in [2.05, 4.69) is 21.3 Å². The number of Topliss-reactive ketones (excluding diaryl/α,β-unsaturated/α-hetero) is 1. The molecule has 36 heavy (non-hydrogen) atoms. The number of ketones is 1. The van der Waals surface area contributed by atoms with Crippen molar-refractivity contribution in [2.75, 3.05) is 32.1 Å². The first-order valence-electron chi connectivity index (χ1n) is 12.1. The van der Waals surface area contributed by atoms with Crippen LogP contribution in [-0.4, -0.2) is 53.2 Å². The van der Waals surface area contributed by atoms with Crippen molar-refractivity contribution >= 4 is 22.6 Å². The number of nitrogens with one attached hydrogen (secondary N) is 1. The molecule has 0 radical (unpaired) electrons. The second kappa shape index (κ2) is 11.7. The third kappa shape index (κ3) is 5.19. The molecule has 0 amide bonds. The fourth-order valence-electron chi connectivity index (χ4n) is 4.12. The highest BCUT2D eigenvalue weighted by molar-refractivity contribution is 5.96. The van der Waals surface area contributed by atoms with Crippen LogP contribution in [0.2, 0.25) is 0 Å². The zero-order chi connectivity index (χ0) is 26.4. The lowest BCUT2D eigenvalue weighted by molar-refractivity contribution is 0.0970. The SMILES string of the molecule is CC.CNC1CN(c2c(C#N)c3ncn(CC(=O)c4cccc(OC)c4)c(=O)c3n2CC=C(C)C)C1. The summed E-state index contributed by atoms with van der Waals surface area (Å²) < 4.78 is 8.36. The second-order valence-electron chi connectivity index (χ2n) is 8.62. The monoisotopic (exact) mass is 490 g/mol. The Morgan fingerprint density at radius 3 is 2.64 bits per heavy atom. The van der Waals surface area contributed by atoms with Crippen LogP contribution in [0.1, 0.15) is 43.6 Å². The number of hydrogen-bond donors (Lipinski definition) is 1. The van der Waals surface area contributed by atoms with Gasteiger partial charge in [-0.15, -0.1) is 0 Å². The number of fused-ring (bicyclic) bond motifs is 1. The largest absolute Gasteiger partial charge is 0.497 e. The van der Waals surface area contributed by atoms with Crippen molar-refractivity contribution in [2.45, 2.75) is 46.8 Å². The summed E-state index contributed by atoms with van der Waals surface area (Å²) in [5.74, 6) is 1.04. The van der Waals surface area contributed by atoms with Crippen molar-refractivity contribution in [1.82, 2.24) is 19.4 Å². The topological polar surface area (TPSA) is 105 Å². The van der Waals surface area contributed by atoms with E-state index in [4.69, 9.17) is 4.74 Å². The van der Waals surface area contributed by atoms with Crippen molar-refractivity contribution in [3.8, 4) is 11.8 Å². The van der Waals surface area contributed by atoms with E-state index in [1.54, 1.807) is 24.3 Å². The number of allylic oxidation sites excluding steroid dienone is 2. The van der Waals surface area contributed by atoms with Gasteiger partial charge in [-0.3, -0.25) is 14.2 Å². The molecule has 190 valence electrons. The number of anilines is 1. The standard InChI is InChI=1S/C25H28N6O3.C2H6/c1-16(2)8-9-31-23-22(20(11-26)24(31)29-12-18(13-29)27-3)28-15-30(25(23)33)14-21(32)17-6-5-7-19(10-17)34-4;1-2/h5-8,10,15,18,27H,9,12-14H2,1-4H3;1-2H3. The summed E-state index contributed by atoms with van der Waals surface area (Å²) in [5.41, 5.74) is 2.27. The summed E-state index contributed by atoms with van der Waals surface area (Å²) in [7, 11) is 3.44. The van der Waals surface area contributed by atoms with Crippen LogP contribution in [0.4, 0.5) is 5.82 Å². The third-order valence-electron chi connectivity index (χ3n) is 6.09. The Morgan fingerprint density at radius 2 is 2.03 bits per heavy atom. The number of nitriles is 1. The first-order chi connectivity index (χ1) is 17.4. The van der Waals surface area contributed by atoms with Crippen LogP contribution >= 0.6 is 0 Å². The maximum absolute atomic E-state index is 13.6. The predicted molar refractivity (Wildman–Crippen MR) is 142 cm³/mol. The van der Waals surface area contributed by atoms with E-state index in [-0.39, 0.29) is 17.9 Å². The fourth-order valence-corrected chi connectivity index (χ4v) is 4.12. The van der Waals surface area contributed by atoms with Crippen LogP contribution in [0.5, 0.6) is 5.75 Å². The Balaban J connectivity index is 0.00000176. The van der Waals surface area contributed by atoms with E-state index in [0.29, 0.717) is 46.3 Å². The molecule has 1 N–H and O–H groups in total. The van der Waals surface area contributed by atoms with Crippen molar-refractivity contribution < 1.29 is 9.53 Å². The van der Waals surface area contributed by atoms with E-state index in [0.717, 1.165) is 18.7 Å². The van der Waals surface area contributed by atoms with Gasteiger partial charge in [0.2, 0.25) is 0 Å². The number of methoxy groups -OCH3 is 1. The van der Waals surface area contributed by atoms with Crippen LogP contribution in [0.15, 0.2) is 47.0 Å². The first kappa shape index (κ1) is 26.7. The Bertz CT molecular complexity index is 1370. The molecule has 0 atom stereocenters. The minimum Gasteiger partial charge on any atom is -0.497 e. The molecule has 3 heterocycles. The minimum atomic E-state index is -0.350. The summed E-state index contributed by atoms with van der Waals surface area (Å²) >= 11 is 0. The highest BCUT2D eigenvalue weighted by Crippen LogP contribution is 2.32. The highest BCUT2D eigenvalue weighted by atomic mass is 16.5. The predicted octanol–water partition coefficient (Wildman–Crippen LogP) is 3.36. The zero-order valence-electron chi connectivity index (χ0n) is 21.8.